The topological polar surface area (TPSA) is 12.0 Å². The minimum Gasteiger partial charge on any atom is -0.316 e. The molecule has 1 N–H and O–H groups in total. The lowest BCUT2D eigenvalue weighted by Crippen LogP contribution is -2.16. The Kier molecular flexibility index (Phi) is 2.69. The lowest BCUT2D eigenvalue weighted by Gasteiger charge is -2.14. The van der Waals surface area contributed by atoms with Crippen LogP contribution < -0.4 is 5.32 Å². The summed E-state index contributed by atoms with van der Waals surface area (Å²) in [5.74, 6) is 2.01. The summed E-state index contributed by atoms with van der Waals surface area (Å²) in [5, 5.41) is 4.44. The van der Waals surface area contributed by atoms with Gasteiger partial charge in [-0.15, -0.1) is 0 Å². The van der Waals surface area contributed by atoms with Crippen molar-refractivity contribution in [1.82, 2.24) is 5.32 Å². The molecular weight excluding hydrogens is 174 g/mol. The Bertz CT molecular complexity index is 138. The minimum absolute atomic E-state index is 0.949. The van der Waals surface area contributed by atoms with Crippen molar-refractivity contribution in [2.45, 2.75) is 18.1 Å². The molecule has 1 heterocycles. The quantitative estimate of drug-likeness (QED) is 0.667. The number of hydrogen-bond acceptors (Lipinski definition) is 3. The molecular formula is C8H15NS2. The number of fused-ring (bicyclic) bond motifs is 1. The molecule has 3 unspecified atom stereocenters. The molecule has 11 heavy (non-hydrogen) atoms. The Labute approximate surface area is 76.5 Å². The lowest BCUT2D eigenvalue weighted by molar-refractivity contribution is 0.501. The van der Waals surface area contributed by atoms with Gasteiger partial charge in [-0.1, -0.05) is 21.6 Å². The highest BCUT2D eigenvalue weighted by molar-refractivity contribution is 8.76. The standard InChI is InChI=1S/C8H15NS2/c1-10-11-8-3-2-6-4-9-5-7(6)8/h6-9H,2-5H2,1H3. The highest BCUT2D eigenvalue weighted by atomic mass is 33.1. The average molecular weight is 189 g/mol. The fraction of sp³-hybridized carbons (Fsp3) is 1.00. The van der Waals surface area contributed by atoms with Crippen molar-refractivity contribution in [3.8, 4) is 0 Å². The van der Waals surface area contributed by atoms with E-state index in [-0.39, 0.29) is 0 Å². The fourth-order valence-electron chi connectivity index (χ4n) is 2.34. The Morgan fingerprint density at radius 1 is 1.27 bits per heavy atom. The van der Waals surface area contributed by atoms with Gasteiger partial charge in [-0.3, -0.25) is 0 Å². The lowest BCUT2D eigenvalue weighted by atomic mass is 10.0. The van der Waals surface area contributed by atoms with Gasteiger partial charge in [0.2, 0.25) is 0 Å². The van der Waals surface area contributed by atoms with Gasteiger partial charge < -0.3 is 5.32 Å². The van der Waals surface area contributed by atoms with Crippen molar-refractivity contribution in [2.24, 2.45) is 11.8 Å². The van der Waals surface area contributed by atoms with Crippen molar-refractivity contribution in [2.75, 3.05) is 19.3 Å². The van der Waals surface area contributed by atoms with Crippen LogP contribution in [0, 0.1) is 11.8 Å². The van der Waals surface area contributed by atoms with Crippen molar-refractivity contribution in [3.63, 3.8) is 0 Å². The molecule has 1 aliphatic heterocycles. The number of rotatable bonds is 2. The Balaban J connectivity index is 1.92. The van der Waals surface area contributed by atoms with E-state index in [1.807, 2.05) is 10.8 Å². The molecule has 2 fully saturated rings. The van der Waals surface area contributed by atoms with E-state index in [0.29, 0.717) is 0 Å². The number of nitrogens with one attached hydrogen (secondary N) is 1. The van der Waals surface area contributed by atoms with Gasteiger partial charge in [0.25, 0.3) is 0 Å². The number of hydrogen-bond donors (Lipinski definition) is 1. The summed E-state index contributed by atoms with van der Waals surface area (Å²) >= 11 is 0. The first-order valence-electron chi connectivity index (χ1n) is 4.32. The monoisotopic (exact) mass is 189 g/mol. The van der Waals surface area contributed by atoms with Crippen molar-refractivity contribution in [3.05, 3.63) is 0 Å². The first kappa shape index (κ1) is 8.27. The van der Waals surface area contributed by atoms with E-state index in [0.717, 1.165) is 17.1 Å². The van der Waals surface area contributed by atoms with Crippen LogP contribution in [0.15, 0.2) is 0 Å². The van der Waals surface area contributed by atoms with Gasteiger partial charge in [0.05, 0.1) is 0 Å². The van der Waals surface area contributed by atoms with Gasteiger partial charge in [-0.05, 0) is 44.0 Å². The Morgan fingerprint density at radius 3 is 3.00 bits per heavy atom. The molecule has 0 amide bonds. The Morgan fingerprint density at radius 2 is 2.18 bits per heavy atom. The maximum atomic E-state index is 3.49. The van der Waals surface area contributed by atoms with Crippen LogP contribution in [0.2, 0.25) is 0 Å². The van der Waals surface area contributed by atoms with Crippen LogP contribution in [-0.2, 0) is 0 Å². The maximum Gasteiger partial charge on any atom is 0.0195 e. The normalized spacial score (nSPS) is 42.8. The largest absolute Gasteiger partial charge is 0.316 e. The first-order valence-corrected chi connectivity index (χ1v) is 6.94. The van der Waals surface area contributed by atoms with E-state index < -0.39 is 0 Å². The third-order valence-electron chi connectivity index (χ3n) is 2.91. The van der Waals surface area contributed by atoms with E-state index >= 15 is 0 Å². The molecule has 1 nitrogen and oxygen atoms in total. The average Bonchev–Trinajstić information content (AvgIpc) is 2.53. The molecule has 3 atom stereocenters. The summed E-state index contributed by atoms with van der Waals surface area (Å²) < 4.78 is 0. The summed E-state index contributed by atoms with van der Waals surface area (Å²) in [6, 6.07) is 0. The van der Waals surface area contributed by atoms with E-state index in [1.54, 1.807) is 0 Å². The molecule has 2 rings (SSSR count). The molecule has 2 aliphatic rings. The smallest absolute Gasteiger partial charge is 0.0195 e. The van der Waals surface area contributed by atoms with Gasteiger partial charge in [-0.25, -0.2) is 0 Å². The molecule has 0 aromatic heterocycles. The summed E-state index contributed by atoms with van der Waals surface area (Å²) in [7, 11) is 4.03. The van der Waals surface area contributed by atoms with Gasteiger partial charge in [-0.2, -0.15) is 0 Å². The van der Waals surface area contributed by atoms with Crippen LogP contribution in [0.3, 0.4) is 0 Å². The zero-order valence-corrected chi connectivity index (χ0v) is 8.51. The second-order valence-electron chi connectivity index (χ2n) is 3.46. The van der Waals surface area contributed by atoms with Crippen LogP contribution in [0.5, 0.6) is 0 Å². The molecule has 1 saturated heterocycles. The van der Waals surface area contributed by atoms with Gasteiger partial charge in [0.1, 0.15) is 0 Å². The summed E-state index contributed by atoms with van der Waals surface area (Å²) in [5.41, 5.74) is 0. The van der Waals surface area contributed by atoms with Crippen molar-refractivity contribution >= 4 is 21.6 Å². The third-order valence-corrected chi connectivity index (χ3v) is 5.26. The van der Waals surface area contributed by atoms with Gasteiger partial charge in [0, 0.05) is 5.25 Å². The second-order valence-corrected chi connectivity index (χ2v) is 6.17. The van der Waals surface area contributed by atoms with Crippen LogP contribution in [0.1, 0.15) is 12.8 Å². The molecule has 0 aromatic carbocycles. The predicted octanol–water partition coefficient (Wildman–Crippen LogP) is 2.00. The SMILES string of the molecule is CSSC1CCC2CNCC21. The maximum absolute atomic E-state index is 3.49. The summed E-state index contributed by atoms with van der Waals surface area (Å²) in [6.07, 6.45) is 5.12. The molecule has 1 aliphatic carbocycles. The fourth-order valence-corrected chi connectivity index (χ4v) is 4.74. The van der Waals surface area contributed by atoms with E-state index in [9.17, 15) is 0 Å². The van der Waals surface area contributed by atoms with Crippen molar-refractivity contribution in [1.29, 1.82) is 0 Å². The second kappa shape index (κ2) is 3.58. The molecule has 1 saturated carbocycles. The van der Waals surface area contributed by atoms with Crippen LogP contribution >= 0.6 is 21.6 Å². The summed E-state index contributed by atoms with van der Waals surface area (Å²) in [6.45, 7) is 2.57. The zero-order chi connectivity index (χ0) is 7.68. The third kappa shape index (κ3) is 1.56. The molecule has 0 radical (unpaired) electrons. The predicted molar refractivity (Wildman–Crippen MR) is 54.0 cm³/mol. The molecule has 0 aromatic rings. The van der Waals surface area contributed by atoms with Crippen LogP contribution in [0.25, 0.3) is 0 Å². The van der Waals surface area contributed by atoms with E-state index in [4.69, 9.17) is 0 Å². The van der Waals surface area contributed by atoms with Crippen LogP contribution in [-0.4, -0.2) is 24.6 Å². The minimum atomic E-state index is 0.949. The highest BCUT2D eigenvalue weighted by Crippen LogP contribution is 2.44. The van der Waals surface area contributed by atoms with Gasteiger partial charge in [0.15, 0.2) is 0 Å². The Hall–Kier alpha value is 0.660. The molecule has 0 bridgehead atoms. The molecule has 64 valence electrons. The van der Waals surface area contributed by atoms with E-state index in [1.165, 1.54) is 25.9 Å². The first-order chi connectivity index (χ1) is 5.42. The van der Waals surface area contributed by atoms with Crippen molar-refractivity contribution < 1.29 is 0 Å². The summed E-state index contributed by atoms with van der Waals surface area (Å²) in [4.78, 5) is 0. The van der Waals surface area contributed by atoms with Gasteiger partial charge >= 0.3 is 0 Å². The molecule has 0 spiro atoms. The zero-order valence-electron chi connectivity index (χ0n) is 6.88. The molecule has 3 heteroatoms. The van der Waals surface area contributed by atoms with E-state index in [2.05, 4.69) is 22.4 Å². The highest BCUT2D eigenvalue weighted by Gasteiger charge is 2.39. The van der Waals surface area contributed by atoms with Crippen LogP contribution in [0.4, 0.5) is 0 Å².